The van der Waals surface area contributed by atoms with Crippen molar-refractivity contribution in [2.24, 2.45) is 0 Å². The van der Waals surface area contributed by atoms with E-state index in [4.69, 9.17) is 4.74 Å². The van der Waals surface area contributed by atoms with Gasteiger partial charge in [-0.3, -0.25) is 0 Å². The number of rotatable bonds is 6. The molecule has 0 saturated heterocycles. The molecule has 0 heterocycles. The zero-order valence-electron chi connectivity index (χ0n) is 16.6. The number of ether oxygens (including phenoxy) is 1. The molecule has 2 N–H and O–H groups in total. The molecule has 0 atom stereocenters. The standard InChI is InChI=1S/C28H22O.H2O/c1-3-11-23(12-4-1)19-21-25-15-7-9-17-27(25)29-28-18-10-8-16-26(28)22-20-24-13-5-2-6-14-24;/h1-22H;1H2. The lowest BCUT2D eigenvalue weighted by molar-refractivity contribution is 0.480. The highest BCUT2D eigenvalue weighted by atomic mass is 16.5. The van der Waals surface area contributed by atoms with E-state index in [1.165, 1.54) is 0 Å². The lowest BCUT2D eigenvalue weighted by Crippen LogP contribution is -1.89. The van der Waals surface area contributed by atoms with Crippen molar-refractivity contribution in [1.29, 1.82) is 0 Å². The summed E-state index contributed by atoms with van der Waals surface area (Å²) in [5.41, 5.74) is 4.40. The Bertz CT molecular complexity index is 1020. The van der Waals surface area contributed by atoms with Crippen molar-refractivity contribution in [1.82, 2.24) is 0 Å². The number of hydrogen-bond acceptors (Lipinski definition) is 1. The molecule has 4 rings (SSSR count). The largest absolute Gasteiger partial charge is 0.456 e. The molecule has 4 aromatic carbocycles. The molecule has 0 aromatic heterocycles. The normalized spacial score (nSPS) is 10.8. The van der Waals surface area contributed by atoms with Crippen molar-refractivity contribution < 1.29 is 10.2 Å². The van der Waals surface area contributed by atoms with Crippen LogP contribution in [0.3, 0.4) is 0 Å². The average molecular weight is 392 g/mol. The predicted octanol–water partition coefficient (Wildman–Crippen LogP) is 7.00. The highest BCUT2D eigenvalue weighted by Gasteiger charge is 2.05. The third-order valence-electron chi connectivity index (χ3n) is 4.57. The van der Waals surface area contributed by atoms with Gasteiger partial charge in [0.15, 0.2) is 0 Å². The average Bonchev–Trinajstić information content (AvgIpc) is 2.79. The van der Waals surface area contributed by atoms with E-state index < -0.39 is 0 Å². The fourth-order valence-electron chi connectivity index (χ4n) is 3.04. The van der Waals surface area contributed by atoms with Crippen molar-refractivity contribution >= 4 is 24.3 Å². The van der Waals surface area contributed by atoms with Gasteiger partial charge in [0.1, 0.15) is 11.5 Å². The summed E-state index contributed by atoms with van der Waals surface area (Å²) >= 11 is 0. The van der Waals surface area contributed by atoms with E-state index in [1.54, 1.807) is 0 Å². The molecule has 30 heavy (non-hydrogen) atoms. The Kier molecular flexibility index (Phi) is 7.37. The fraction of sp³-hybridized carbons (Fsp3) is 0. The molecule has 4 aromatic rings. The minimum absolute atomic E-state index is 0. The van der Waals surface area contributed by atoms with E-state index in [0.29, 0.717) is 0 Å². The molecule has 2 heteroatoms. The zero-order chi connectivity index (χ0) is 19.7. The molecular weight excluding hydrogens is 368 g/mol. The first-order chi connectivity index (χ1) is 14.4. The van der Waals surface area contributed by atoms with Crippen molar-refractivity contribution in [2.75, 3.05) is 0 Å². The van der Waals surface area contributed by atoms with Crippen LogP contribution in [0.1, 0.15) is 22.3 Å². The molecule has 0 amide bonds. The van der Waals surface area contributed by atoms with Crippen LogP contribution in [0.2, 0.25) is 0 Å². The van der Waals surface area contributed by atoms with Crippen LogP contribution < -0.4 is 4.74 Å². The molecule has 0 fully saturated rings. The van der Waals surface area contributed by atoms with E-state index >= 15 is 0 Å². The Morgan fingerprint density at radius 2 is 0.767 bits per heavy atom. The molecule has 0 aliphatic rings. The minimum atomic E-state index is 0. The van der Waals surface area contributed by atoms with Gasteiger partial charge in [-0.05, 0) is 23.3 Å². The van der Waals surface area contributed by atoms with Gasteiger partial charge in [-0.1, -0.05) is 121 Å². The molecule has 0 unspecified atom stereocenters. The first-order valence-corrected chi connectivity index (χ1v) is 9.71. The van der Waals surface area contributed by atoms with E-state index in [1.807, 2.05) is 72.8 Å². The smallest absolute Gasteiger partial charge is 0.134 e. The third-order valence-corrected chi connectivity index (χ3v) is 4.57. The summed E-state index contributed by atoms with van der Waals surface area (Å²) < 4.78 is 6.31. The molecule has 0 aliphatic heterocycles. The van der Waals surface area contributed by atoms with Crippen LogP contribution in [0.4, 0.5) is 0 Å². The third kappa shape index (κ3) is 5.57. The van der Waals surface area contributed by atoms with E-state index in [-0.39, 0.29) is 5.48 Å². The molecule has 0 saturated carbocycles. The number of para-hydroxylation sites is 2. The van der Waals surface area contributed by atoms with Crippen LogP contribution in [-0.2, 0) is 0 Å². The van der Waals surface area contributed by atoms with Gasteiger partial charge >= 0.3 is 0 Å². The highest BCUT2D eigenvalue weighted by Crippen LogP contribution is 2.30. The summed E-state index contributed by atoms with van der Waals surface area (Å²) in [5, 5.41) is 0. The van der Waals surface area contributed by atoms with Crippen LogP contribution in [0.15, 0.2) is 109 Å². The van der Waals surface area contributed by atoms with Crippen molar-refractivity contribution in [3.8, 4) is 11.5 Å². The number of hydrogen-bond donors (Lipinski definition) is 0. The monoisotopic (exact) mass is 392 g/mol. The topological polar surface area (TPSA) is 40.7 Å². The van der Waals surface area contributed by atoms with Gasteiger partial charge in [-0.2, -0.15) is 0 Å². The van der Waals surface area contributed by atoms with Crippen molar-refractivity contribution in [3.05, 3.63) is 131 Å². The maximum absolute atomic E-state index is 6.31. The van der Waals surface area contributed by atoms with Crippen LogP contribution >= 0.6 is 0 Å². The van der Waals surface area contributed by atoms with Crippen molar-refractivity contribution in [2.45, 2.75) is 0 Å². The van der Waals surface area contributed by atoms with E-state index in [0.717, 1.165) is 33.8 Å². The van der Waals surface area contributed by atoms with Gasteiger partial charge < -0.3 is 10.2 Å². The summed E-state index contributed by atoms with van der Waals surface area (Å²) in [6.07, 6.45) is 8.38. The Morgan fingerprint density at radius 1 is 0.400 bits per heavy atom. The lowest BCUT2D eigenvalue weighted by atomic mass is 10.1. The first-order valence-electron chi connectivity index (χ1n) is 9.71. The minimum Gasteiger partial charge on any atom is -0.456 e. The molecular formula is C28H24O2. The van der Waals surface area contributed by atoms with Crippen LogP contribution in [0.5, 0.6) is 11.5 Å². The Balaban J connectivity index is 0.00000256. The summed E-state index contributed by atoms with van der Waals surface area (Å²) in [6.45, 7) is 0. The van der Waals surface area contributed by atoms with Crippen molar-refractivity contribution in [3.63, 3.8) is 0 Å². The second kappa shape index (κ2) is 10.6. The highest BCUT2D eigenvalue weighted by molar-refractivity contribution is 5.74. The van der Waals surface area contributed by atoms with Crippen LogP contribution in [0, 0.1) is 0 Å². The Labute approximate surface area is 177 Å². The van der Waals surface area contributed by atoms with Gasteiger partial charge in [-0.25, -0.2) is 0 Å². The predicted molar refractivity (Wildman–Crippen MR) is 127 cm³/mol. The van der Waals surface area contributed by atoms with E-state index in [2.05, 4.69) is 60.7 Å². The maximum atomic E-state index is 6.31. The first kappa shape index (κ1) is 20.8. The Morgan fingerprint density at radius 3 is 1.20 bits per heavy atom. The van der Waals surface area contributed by atoms with Gasteiger partial charge in [-0.15, -0.1) is 0 Å². The quantitative estimate of drug-likeness (QED) is 0.326. The second-order valence-corrected chi connectivity index (χ2v) is 6.67. The molecule has 0 spiro atoms. The Hall–Kier alpha value is -3.88. The van der Waals surface area contributed by atoms with Gasteiger partial charge in [0.25, 0.3) is 0 Å². The van der Waals surface area contributed by atoms with Gasteiger partial charge in [0, 0.05) is 11.1 Å². The molecule has 0 bridgehead atoms. The molecule has 0 aliphatic carbocycles. The van der Waals surface area contributed by atoms with E-state index in [9.17, 15) is 0 Å². The maximum Gasteiger partial charge on any atom is 0.134 e. The molecule has 0 radical (unpaired) electrons. The summed E-state index contributed by atoms with van der Waals surface area (Å²) in [5.74, 6) is 1.67. The number of benzene rings is 4. The fourth-order valence-corrected chi connectivity index (χ4v) is 3.04. The summed E-state index contributed by atoms with van der Waals surface area (Å²) in [6, 6.07) is 36.7. The van der Waals surface area contributed by atoms with Crippen LogP contribution in [0.25, 0.3) is 24.3 Å². The van der Waals surface area contributed by atoms with Gasteiger partial charge in [0.2, 0.25) is 0 Å². The van der Waals surface area contributed by atoms with Gasteiger partial charge in [0.05, 0.1) is 0 Å². The molecule has 148 valence electrons. The summed E-state index contributed by atoms with van der Waals surface area (Å²) in [4.78, 5) is 0. The summed E-state index contributed by atoms with van der Waals surface area (Å²) in [7, 11) is 0. The lowest BCUT2D eigenvalue weighted by Gasteiger charge is -2.11. The molecule has 2 nitrogen and oxygen atoms in total. The van der Waals surface area contributed by atoms with Crippen LogP contribution in [-0.4, -0.2) is 5.48 Å². The SMILES string of the molecule is C(=Cc1ccccc1Oc1ccccc1C=Cc1ccccc1)c1ccccc1.O. The zero-order valence-corrected chi connectivity index (χ0v) is 16.6. The second-order valence-electron chi connectivity index (χ2n) is 6.67.